The van der Waals surface area contributed by atoms with Gasteiger partial charge in [0.25, 0.3) is 0 Å². The Bertz CT molecular complexity index is 134. The van der Waals surface area contributed by atoms with Crippen molar-refractivity contribution < 1.29 is 0 Å². The largest absolute Gasteiger partial charge is 0.327 e. The highest BCUT2D eigenvalue weighted by molar-refractivity contribution is 4.89. The number of nitrogens with two attached hydrogens (primary N) is 1. The monoisotopic (exact) mass is 170 g/mol. The van der Waals surface area contributed by atoms with Gasteiger partial charge in [-0.15, -0.1) is 0 Å². The van der Waals surface area contributed by atoms with Gasteiger partial charge in [-0.1, -0.05) is 20.8 Å². The smallest absolute Gasteiger partial charge is 0.00963 e. The van der Waals surface area contributed by atoms with Crippen LogP contribution < -0.4 is 11.1 Å². The summed E-state index contributed by atoms with van der Waals surface area (Å²) in [6, 6.07) is 1.16. The molecule has 0 aromatic heterocycles. The van der Waals surface area contributed by atoms with E-state index in [2.05, 4.69) is 26.1 Å². The highest BCUT2D eigenvalue weighted by atomic mass is 15.0. The highest BCUT2D eigenvalue weighted by Crippen LogP contribution is 2.28. The Morgan fingerprint density at radius 3 is 2.50 bits per heavy atom. The van der Waals surface area contributed by atoms with Crippen molar-refractivity contribution in [1.82, 2.24) is 5.32 Å². The fraction of sp³-hybridized carbons (Fsp3) is 1.00. The van der Waals surface area contributed by atoms with E-state index >= 15 is 0 Å². The summed E-state index contributed by atoms with van der Waals surface area (Å²) in [5, 5.41) is 3.51. The van der Waals surface area contributed by atoms with Gasteiger partial charge in [-0.25, -0.2) is 0 Å². The van der Waals surface area contributed by atoms with Crippen LogP contribution in [0, 0.1) is 11.8 Å². The molecule has 3 N–H and O–H groups in total. The summed E-state index contributed by atoms with van der Waals surface area (Å²) in [6.45, 7) is 7.75. The third-order valence-corrected chi connectivity index (χ3v) is 2.85. The van der Waals surface area contributed by atoms with Crippen LogP contribution in [0.15, 0.2) is 0 Å². The molecule has 0 heterocycles. The molecule has 1 rings (SSSR count). The lowest BCUT2D eigenvalue weighted by Crippen LogP contribution is -2.31. The maximum absolute atomic E-state index is 5.92. The van der Waals surface area contributed by atoms with E-state index in [0.717, 1.165) is 24.9 Å². The van der Waals surface area contributed by atoms with Crippen LogP contribution in [0.3, 0.4) is 0 Å². The van der Waals surface area contributed by atoms with Crippen LogP contribution in [0.4, 0.5) is 0 Å². The van der Waals surface area contributed by atoms with Crippen molar-refractivity contribution in [2.24, 2.45) is 17.6 Å². The Morgan fingerprint density at radius 2 is 2.08 bits per heavy atom. The lowest BCUT2D eigenvalue weighted by Gasteiger charge is -2.15. The average molecular weight is 170 g/mol. The van der Waals surface area contributed by atoms with Crippen LogP contribution in [0.2, 0.25) is 0 Å². The predicted octanol–water partition coefficient (Wildman–Crippen LogP) is 1.36. The molecule has 1 saturated carbocycles. The van der Waals surface area contributed by atoms with Gasteiger partial charge < -0.3 is 11.1 Å². The van der Waals surface area contributed by atoms with Crippen molar-refractivity contribution in [3.05, 3.63) is 0 Å². The summed E-state index contributed by atoms with van der Waals surface area (Å²) >= 11 is 0. The molecule has 0 radical (unpaired) electrons. The van der Waals surface area contributed by atoms with Crippen LogP contribution >= 0.6 is 0 Å². The number of hydrogen-bond donors (Lipinski definition) is 2. The lowest BCUT2D eigenvalue weighted by molar-refractivity contribution is 0.447. The molecule has 0 amide bonds. The predicted molar refractivity (Wildman–Crippen MR) is 53.0 cm³/mol. The molecule has 0 aliphatic heterocycles. The molecule has 1 aliphatic carbocycles. The van der Waals surface area contributed by atoms with Gasteiger partial charge in [-0.05, 0) is 31.2 Å². The van der Waals surface area contributed by atoms with Crippen molar-refractivity contribution in [2.45, 2.75) is 45.7 Å². The van der Waals surface area contributed by atoms with Gasteiger partial charge >= 0.3 is 0 Å². The number of rotatable bonds is 5. The first kappa shape index (κ1) is 10.0. The zero-order chi connectivity index (χ0) is 9.14. The number of hydrogen-bond acceptors (Lipinski definition) is 2. The van der Waals surface area contributed by atoms with Crippen molar-refractivity contribution >= 4 is 0 Å². The summed E-state index contributed by atoms with van der Waals surface area (Å²) in [4.78, 5) is 0. The van der Waals surface area contributed by atoms with Crippen molar-refractivity contribution in [3.8, 4) is 0 Å². The molecule has 2 nitrogen and oxygen atoms in total. The van der Waals surface area contributed by atoms with Gasteiger partial charge in [-0.3, -0.25) is 0 Å². The van der Waals surface area contributed by atoms with E-state index in [4.69, 9.17) is 5.73 Å². The molecule has 1 fully saturated rings. The molecular weight excluding hydrogens is 148 g/mol. The fourth-order valence-electron chi connectivity index (χ4n) is 1.38. The molecule has 3 unspecified atom stereocenters. The minimum Gasteiger partial charge on any atom is -0.327 e. The molecule has 12 heavy (non-hydrogen) atoms. The molecule has 3 atom stereocenters. The third kappa shape index (κ3) is 3.11. The van der Waals surface area contributed by atoms with E-state index in [1.807, 2.05) is 0 Å². The Morgan fingerprint density at radius 1 is 1.50 bits per heavy atom. The molecule has 1 aliphatic rings. The van der Waals surface area contributed by atoms with Crippen molar-refractivity contribution in [1.29, 1.82) is 0 Å². The second kappa shape index (κ2) is 4.24. The lowest BCUT2D eigenvalue weighted by atomic mass is 10.0. The second-order valence-corrected chi connectivity index (χ2v) is 4.47. The van der Waals surface area contributed by atoms with E-state index < -0.39 is 0 Å². The van der Waals surface area contributed by atoms with Gasteiger partial charge in [0.15, 0.2) is 0 Å². The Hall–Kier alpha value is -0.0800. The third-order valence-electron chi connectivity index (χ3n) is 2.85. The molecule has 0 bridgehead atoms. The normalized spacial score (nSPS) is 30.8. The molecule has 0 aromatic carbocycles. The first-order valence-corrected chi connectivity index (χ1v) is 5.10. The summed E-state index contributed by atoms with van der Waals surface area (Å²) < 4.78 is 0. The maximum Gasteiger partial charge on any atom is 0.00963 e. The van der Waals surface area contributed by atoms with E-state index in [-0.39, 0.29) is 0 Å². The quantitative estimate of drug-likeness (QED) is 0.654. The topological polar surface area (TPSA) is 38.0 Å². The zero-order valence-corrected chi connectivity index (χ0v) is 8.51. The highest BCUT2D eigenvalue weighted by Gasteiger charge is 2.31. The minimum atomic E-state index is 0.367. The van der Waals surface area contributed by atoms with E-state index in [0.29, 0.717) is 12.0 Å². The summed E-state index contributed by atoms with van der Waals surface area (Å²) in [7, 11) is 0. The van der Waals surface area contributed by atoms with Gasteiger partial charge in [0, 0.05) is 12.1 Å². The zero-order valence-electron chi connectivity index (χ0n) is 8.51. The van der Waals surface area contributed by atoms with Gasteiger partial charge in [0.2, 0.25) is 0 Å². The van der Waals surface area contributed by atoms with Crippen LogP contribution in [-0.2, 0) is 0 Å². The standard InChI is InChI=1S/C10H22N2/c1-7(2)9(11)4-5-12-10-6-8(10)3/h7-10,12H,4-6,11H2,1-3H3. The first-order valence-electron chi connectivity index (χ1n) is 5.10. The van der Waals surface area contributed by atoms with E-state index in [1.165, 1.54) is 6.42 Å². The summed E-state index contributed by atoms with van der Waals surface area (Å²) in [5.74, 6) is 1.52. The van der Waals surface area contributed by atoms with Gasteiger partial charge in [-0.2, -0.15) is 0 Å². The minimum absolute atomic E-state index is 0.367. The average Bonchev–Trinajstić information content (AvgIpc) is 2.66. The number of nitrogens with one attached hydrogen (secondary N) is 1. The van der Waals surface area contributed by atoms with Crippen LogP contribution in [0.25, 0.3) is 0 Å². The van der Waals surface area contributed by atoms with Gasteiger partial charge in [0.05, 0.1) is 0 Å². The summed E-state index contributed by atoms with van der Waals surface area (Å²) in [5.41, 5.74) is 5.92. The Kier molecular flexibility index (Phi) is 3.53. The Balaban J connectivity index is 1.95. The van der Waals surface area contributed by atoms with Crippen molar-refractivity contribution in [2.75, 3.05) is 6.54 Å². The van der Waals surface area contributed by atoms with Crippen LogP contribution in [0.1, 0.15) is 33.6 Å². The van der Waals surface area contributed by atoms with Crippen LogP contribution in [0.5, 0.6) is 0 Å². The molecule has 2 heteroatoms. The van der Waals surface area contributed by atoms with E-state index in [9.17, 15) is 0 Å². The van der Waals surface area contributed by atoms with Gasteiger partial charge in [0.1, 0.15) is 0 Å². The maximum atomic E-state index is 5.92. The summed E-state index contributed by atoms with van der Waals surface area (Å²) in [6.07, 6.45) is 2.47. The van der Waals surface area contributed by atoms with Crippen molar-refractivity contribution in [3.63, 3.8) is 0 Å². The molecule has 0 saturated heterocycles. The molecular formula is C10H22N2. The Labute approximate surface area is 75.9 Å². The molecule has 72 valence electrons. The second-order valence-electron chi connectivity index (χ2n) is 4.47. The first-order chi connectivity index (χ1) is 5.61. The molecule has 0 spiro atoms. The fourth-order valence-corrected chi connectivity index (χ4v) is 1.38. The van der Waals surface area contributed by atoms with Crippen LogP contribution in [-0.4, -0.2) is 18.6 Å². The van der Waals surface area contributed by atoms with E-state index in [1.54, 1.807) is 0 Å². The SMILES string of the molecule is CC(C)C(N)CCNC1CC1C. The molecule has 0 aromatic rings.